The number of nitrogens with two attached hydrogens (primary N) is 2. The normalized spacial score (nSPS) is 12.2. The van der Waals surface area contributed by atoms with E-state index in [-0.39, 0.29) is 5.96 Å². The van der Waals surface area contributed by atoms with Crippen LogP contribution < -0.4 is 11.5 Å². The van der Waals surface area contributed by atoms with E-state index < -0.39 is 0 Å². The first kappa shape index (κ1) is 15.1. The number of hydrazone groups is 1. The van der Waals surface area contributed by atoms with E-state index in [4.69, 9.17) is 11.5 Å². The van der Waals surface area contributed by atoms with Crippen LogP contribution in [0.1, 0.15) is 58.8 Å². The van der Waals surface area contributed by atoms with Crippen LogP contribution in [0.5, 0.6) is 0 Å². The Kier molecular flexibility index (Phi) is 8.77. The van der Waals surface area contributed by atoms with E-state index in [1.165, 1.54) is 44.9 Å². The Morgan fingerprint density at radius 3 is 2.12 bits per heavy atom. The van der Waals surface area contributed by atoms with Crippen molar-refractivity contribution in [3.63, 3.8) is 0 Å². The molecule has 0 aliphatic rings. The molecule has 0 saturated carbocycles. The van der Waals surface area contributed by atoms with Crippen LogP contribution in [-0.4, -0.2) is 24.1 Å². The number of hydrogen-bond donors (Lipinski definition) is 2. The fraction of sp³-hybridized carbons (Fsp3) is 0.917. The van der Waals surface area contributed by atoms with Gasteiger partial charge in [0.1, 0.15) is 0 Å². The molecule has 4 nitrogen and oxygen atoms in total. The second-order valence-electron chi connectivity index (χ2n) is 4.39. The maximum Gasteiger partial charge on any atom is 0.208 e. The summed E-state index contributed by atoms with van der Waals surface area (Å²) in [6.07, 6.45) is 8.62. The maximum absolute atomic E-state index is 5.40. The van der Waals surface area contributed by atoms with E-state index >= 15 is 0 Å². The Labute approximate surface area is 100 Å². The molecule has 0 rings (SSSR count). The van der Waals surface area contributed by atoms with Gasteiger partial charge in [-0.15, -0.1) is 5.10 Å². The number of hydrogen-bond acceptors (Lipinski definition) is 2. The van der Waals surface area contributed by atoms with Crippen LogP contribution in [0.15, 0.2) is 5.10 Å². The molecule has 1 unspecified atom stereocenters. The largest absolute Gasteiger partial charge is 0.369 e. The monoisotopic (exact) mass is 228 g/mol. The molecule has 0 spiro atoms. The predicted molar refractivity (Wildman–Crippen MR) is 71.0 cm³/mol. The fourth-order valence-electron chi connectivity index (χ4n) is 1.85. The molecule has 0 fully saturated rings. The molecule has 0 bridgehead atoms. The van der Waals surface area contributed by atoms with Crippen molar-refractivity contribution in [1.29, 1.82) is 0 Å². The topological polar surface area (TPSA) is 67.6 Å². The number of guanidine groups is 1. The highest BCUT2D eigenvalue weighted by atomic mass is 15.5. The van der Waals surface area contributed by atoms with E-state index in [1.54, 1.807) is 0 Å². The van der Waals surface area contributed by atoms with Crippen LogP contribution in [0, 0.1) is 0 Å². The van der Waals surface area contributed by atoms with Gasteiger partial charge in [0.05, 0.1) is 0 Å². The molecule has 96 valence electrons. The van der Waals surface area contributed by atoms with Crippen LogP contribution in [0.4, 0.5) is 0 Å². The van der Waals surface area contributed by atoms with Gasteiger partial charge < -0.3 is 11.5 Å². The van der Waals surface area contributed by atoms with Gasteiger partial charge in [0, 0.05) is 13.1 Å². The van der Waals surface area contributed by atoms with Gasteiger partial charge in [-0.3, -0.25) is 5.01 Å². The molecule has 0 aromatic carbocycles. The first-order valence-electron chi connectivity index (χ1n) is 6.44. The average molecular weight is 228 g/mol. The van der Waals surface area contributed by atoms with Crippen molar-refractivity contribution in [3.05, 3.63) is 0 Å². The van der Waals surface area contributed by atoms with Gasteiger partial charge >= 0.3 is 0 Å². The van der Waals surface area contributed by atoms with Gasteiger partial charge in [0.25, 0.3) is 0 Å². The van der Waals surface area contributed by atoms with Crippen LogP contribution in [-0.2, 0) is 0 Å². The standard InChI is InChI=1S/C12H28N4/c1-4-6-8-10-11(9-7-5-2)16(3)15-12(13)14/h11H,4-10H2,1-3H3,(H4,13,14,15). The fourth-order valence-corrected chi connectivity index (χ4v) is 1.85. The lowest BCUT2D eigenvalue weighted by Gasteiger charge is -2.25. The summed E-state index contributed by atoms with van der Waals surface area (Å²) >= 11 is 0. The van der Waals surface area contributed by atoms with Gasteiger partial charge in [0.2, 0.25) is 5.96 Å². The number of nitrogens with zero attached hydrogens (tertiary/aromatic N) is 2. The molecule has 4 N–H and O–H groups in total. The van der Waals surface area contributed by atoms with E-state index in [2.05, 4.69) is 18.9 Å². The van der Waals surface area contributed by atoms with Gasteiger partial charge in [-0.25, -0.2) is 0 Å². The Bertz CT molecular complexity index is 187. The highest BCUT2D eigenvalue weighted by Crippen LogP contribution is 2.15. The molecule has 0 aliphatic carbocycles. The molecule has 0 aromatic rings. The molecular weight excluding hydrogens is 200 g/mol. The molecule has 4 heteroatoms. The molecule has 0 aromatic heterocycles. The molecule has 16 heavy (non-hydrogen) atoms. The van der Waals surface area contributed by atoms with Crippen LogP contribution >= 0.6 is 0 Å². The third-order valence-electron chi connectivity index (χ3n) is 2.83. The second-order valence-corrected chi connectivity index (χ2v) is 4.39. The Morgan fingerprint density at radius 2 is 1.62 bits per heavy atom. The van der Waals surface area contributed by atoms with Crippen LogP contribution in [0.2, 0.25) is 0 Å². The first-order chi connectivity index (χ1) is 7.61. The van der Waals surface area contributed by atoms with Crippen molar-refractivity contribution in [2.45, 2.75) is 64.8 Å². The summed E-state index contributed by atoms with van der Waals surface area (Å²) in [5.74, 6) is 0.152. The second kappa shape index (κ2) is 9.31. The minimum atomic E-state index is 0.152. The molecule has 0 heterocycles. The van der Waals surface area contributed by atoms with Gasteiger partial charge in [0.15, 0.2) is 0 Å². The summed E-state index contributed by atoms with van der Waals surface area (Å²) in [7, 11) is 1.96. The Balaban J connectivity index is 4.11. The molecule has 0 radical (unpaired) electrons. The van der Waals surface area contributed by atoms with Crippen molar-refractivity contribution < 1.29 is 0 Å². The van der Waals surface area contributed by atoms with E-state index in [1.807, 2.05) is 12.1 Å². The minimum Gasteiger partial charge on any atom is -0.369 e. The Hall–Kier alpha value is -0.930. The zero-order chi connectivity index (χ0) is 12.4. The predicted octanol–water partition coefficient (Wildman–Crippen LogP) is 2.25. The van der Waals surface area contributed by atoms with Gasteiger partial charge in [-0.2, -0.15) is 0 Å². The molecule has 0 saturated heterocycles. The SMILES string of the molecule is CCCCCC(CCCC)N(C)N=C(N)N. The smallest absolute Gasteiger partial charge is 0.208 e. The molecule has 0 amide bonds. The quantitative estimate of drug-likeness (QED) is 0.275. The minimum absolute atomic E-state index is 0.152. The molecular formula is C12H28N4. The highest BCUT2D eigenvalue weighted by molar-refractivity contribution is 5.75. The van der Waals surface area contributed by atoms with E-state index in [0.29, 0.717) is 6.04 Å². The zero-order valence-electron chi connectivity index (χ0n) is 11.1. The van der Waals surface area contributed by atoms with Crippen molar-refractivity contribution in [1.82, 2.24) is 5.01 Å². The van der Waals surface area contributed by atoms with Crippen LogP contribution in [0.3, 0.4) is 0 Å². The number of rotatable bonds is 9. The summed E-state index contributed by atoms with van der Waals surface area (Å²) in [4.78, 5) is 0. The number of unbranched alkanes of at least 4 members (excludes halogenated alkanes) is 3. The summed E-state index contributed by atoms with van der Waals surface area (Å²) in [6, 6.07) is 0.480. The van der Waals surface area contributed by atoms with Crippen LogP contribution in [0.25, 0.3) is 0 Å². The molecule has 0 aliphatic heterocycles. The summed E-state index contributed by atoms with van der Waals surface area (Å²) < 4.78 is 0. The van der Waals surface area contributed by atoms with Crippen molar-refractivity contribution in [2.24, 2.45) is 16.6 Å². The summed E-state index contributed by atoms with van der Waals surface area (Å²) in [5, 5.41) is 6.05. The highest BCUT2D eigenvalue weighted by Gasteiger charge is 2.12. The van der Waals surface area contributed by atoms with Crippen molar-refractivity contribution in [3.8, 4) is 0 Å². The third kappa shape index (κ3) is 7.37. The third-order valence-corrected chi connectivity index (χ3v) is 2.83. The summed E-state index contributed by atoms with van der Waals surface area (Å²) in [5.41, 5.74) is 10.8. The lowest BCUT2D eigenvalue weighted by molar-refractivity contribution is 0.219. The van der Waals surface area contributed by atoms with E-state index in [9.17, 15) is 0 Å². The average Bonchev–Trinajstić information content (AvgIpc) is 2.22. The van der Waals surface area contributed by atoms with Crippen molar-refractivity contribution >= 4 is 5.96 Å². The first-order valence-corrected chi connectivity index (χ1v) is 6.44. The zero-order valence-corrected chi connectivity index (χ0v) is 11.1. The maximum atomic E-state index is 5.40. The van der Waals surface area contributed by atoms with Crippen molar-refractivity contribution in [2.75, 3.05) is 7.05 Å². The lowest BCUT2D eigenvalue weighted by atomic mass is 10.0. The Morgan fingerprint density at radius 1 is 1.06 bits per heavy atom. The molecule has 1 atom stereocenters. The van der Waals surface area contributed by atoms with E-state index in [0.717, 1.165) is 0 Å². The van der Waals surface area contributed by atoms with Gasteiger partial charge in [-0.05, 0) is 12.8 Å². The van der Waals surface area contributed by atoms with Gasteiger partial charge in [-0.1, -0.05) is 46.0 Å². The lowest BCUT2D eigenvalue weighted by Crippen LogP contribution is -2.33. The summed E-state index contributed by atoms with van der Waals surface area (Å²) in [6.45, 7) is 4.43.